The number of allylic oxidation sites excluding steroid dienone is 1. The molecule has 3 heteroatoms. The maximum atomic E-state index is 9.64. The fraction of sp³-hybridized carbons (Fsp3) is 0.0455. The van der Waals surface area contributed by atoms with Gasteiger partial charge in [0.25, 0.3) is 0 Å². The molecular weight excluding hydrogens is 330 g/mol. The van der Waals surface area contributed by atoms with Gasteiger partial charge in [-0.3, -0.25) is 0 Å². The van der Waals surface area contributed by atoms with Crippen LogP contribution in [0.2, 0.25) is 5.02 Å². The quantitative estimate of drug-likeness (QED) is 0.317. The van der Waals surface area contributed by atoms with E-state index in [0.29, 0.717) is 17.2 Å². The van der Waals surface area contributed by atoms with Crippen LogP contribution in [0.3, 0.4) is 0 Å². The molecule has 0 heterocycles. The number of ether oxygens (including phenoxy) is 1. The molecule has 0 aromatic heterocycles. The first-order chi connectivity index (χ1) is 12.2. The SMILES string of the molecule is C=CCOc1ccc2ccccc2c1/C=C(\C#N)c1ccc(Cl)cc1. The lowest BCUT2D eigenvalue weighted by molar-refractivity contribution is 0.363. The minimum Gasteiger partial charge on any atom is -0.489 e. The van der Waals surface area contributed by atoms with Crippen molar-refractivity contribution in [1.82, 2.24) is 0 Å². The Balaban J connectivity index is 2.19. The van der Waals surface area contributed by atoms with E-state index < -0.39 is 0 Å². The van der Waals surface area contributed by atoms with Gasteiger partial charge in [0.05, 0.1) is 11.6 Å². The van der Waals surface area contributed by atoms with Crippen LogP contribution in [0.15, 0.2) is 73.3 Å². The number of nitrogens with zero attached hydrogens (tertiary/aromatic N) is 1. The molecule has 0 aliphatic carbocycles. The molecule has 0 aliphatic heterocycles. The second-order valence-corrected chi connectivity index (χ2v) is 5.91. The predicted octanol–water partition coefficient (Wildman–Crippen LogP) is 6.12. The van der Waals surface area contributed by atoms with Crippen LogP contribution in [0, 0.1) is 11.3 Å². The molecule has 0 aliphatic rings. The highest BCUT2D eigenvalue weighted by Gasteiger charge is 2.09. The van der Waals surface area contributed by atoms with Crippen LogP contribution in [0.1, 0.15) is 11.1 Å². The van der Waals surface area contributed by atoms with E-state index in [0.717, 1.165) is 27.6 Å². The van der Waals surface area contributed by atoms with Crippen molar-refractivity contribution >= 4 is 34.0 Å². The molecule has 0 saturated carbocycles. The number of nitriles is 1. The second-order valence-electron chi connectivity index (χ2n) is 5.47. The third-order valence-electron chi connectivity index (χ3n) is 3.85. The van der Waals surface area contributed by atoms with E-state index in [2.05, 4.69) is 12.6 Å². The summed E-state index contributed by atoms with van der Waals surface area (Å²) in [6.07, 6.45) is 3.57. The number of fused-ring (bicyclic) bond motifs is 1. The molecule has 25 heavy (non-hydrogen) atoms. The van der Waals surface area contributed by atoms with E-state index in [-0.39, 0.29) is 0 Å². The highest BCUT2D eigenvalue weighted by molar-refractivity contribution is 6.30. The molecule has 0 unspecified atom stereocenters. The standard InChI is InChI=1S/C22H16ClNO/c1-2-13-25-22-12-9-17-5-3-4-6-20(17)21(22)14-18(15-24)16-7-10-19(23)11-8-16/h2-12,14H,1,13H2/b18-14+. The minimum atomic E-state index is 0.405. The summed E-state index contributed by atoms with van der Waals surface area (Å²) in [5, 5.41) is 12.4. The van der Waals surface area contributed by atoms with Crippen molar-refractivity contribution in [3.8, 4) is 11.8 Å². The Hall–Kier alpha value is -3.02. The molecule has 0 saturated heterocycles. The van der Waals surface area contributed by atoms with Crippen molar-refractivity contribution in [1.29, 1.82) is 5.26 Å². The molecule has 3 aromatic rings. The first kappa shape index (κ1) is 16.8. The lowest BCUT2D eigenvalue weighted by Gasteiger charge is -2.11. The zero-order chi connectivity index (χ0) is 17.6. The van der Waals surface area contributed by atoms with E-state index in [1.807, 2.05) is 54.6 Å². The minimum absolute atomic E-state index is 0.405. The number of benzene rings is 3. The van der Waals surface area contributed by atoms with Crippen molar-refractivity contribution < 1.29 is 4.74 Å². The Kier molecular flexibility index (Phi) is 5.18. The number of hydrogen-bond donors (Lipinski definition) is 0. The third-order valence-corrected chi connectivity index (χ3v) is 4.10. The van der Waals surface area contributed by atoms with Crippen molar-refractivity contribution in [2.24, 2.45) is 0 Å². The van der Waals surface area contributed by atoms with Gasteiger partial charge in [-0.05, 0) is 40.6 Å². The largest absolute Gasteiger partial charge is 0.489 e. The molecule has 0 fully saturated rings. The second kappa shape index (κ2) is 7.70. The molecule has 0 spiro atoms. The smallest absolute Gasteiger partial charge is 0.127 e. The summed E-state index contributed by atoms with van der Waals surface area (Å²) in [6.45, 7) is 4.10. The van der Waals surface area contributed by atoms with Crippen LogP contribution in [0.5, 0.6) is 5.75 Å². The third kappa shape index (κ3) is 3.74. The molecule has 0 bridgehead atoms. The van der Waals surface area contributed by atoms with E-state index in [1.165, 1.54) is 0 Å². The maximum Gasteiger partial charge on any atom is 0.127 e. The van der Waals surface area contributed by atoms with Crippen LogP contribution in [-0.4, -0.2) is 6.61 Å². The van der Waals surface area contributed by atoms with Gasteiger partial charge in [0.15, 0.2) is 0 Å². The van der Waals surface area contributed by atoms with Gasteiger partial charge in [-0.1, -0.05) is 66.7 Å². The summed E-state index contributed by atoms with van der Waals surface area (Å²) in [6, 6.07) is 21.5. The Labute approximate surface area is 152 Å². The Morgan fingerprint density at radius 1 is 1.08 bits per heavy atom. The van der Waals surface area contributed by atoms with E-state index >= 15 is 0 Å². The van der Waals surface area contributed by atoms with Gasteiger partial charge in [-0.25, -0.2) is 0 Å². The van der Waals surface area contributed by atoms with E-state index in [9.17, 15) is 5.26 Å². The average Bonchev–Trinajstić information content (AvgIpc) is 2.65. The molecule has 0 amide bonds. The van der Waals surface area contributed by atoms with E-state index in [1.54, 1.807) is 18.2 Å². The molecule has 0 N–H and O–H groups in total. The van der Waals surface area contributed by atoms with Gasteiger partial charge in [-0.15, -0.1) is 0 Å². The zero-order valence-electron chi connectivity index (χ0n) is 13.6. The van der Waals surface area contributed by atoms with Crippen molar-refractivity contribution in [3.63, 3.8) is 0 Å². The Bertz CT molecular complexity index is 981. The number of hydrogen-bond acceptors (Lipinski definition) is 2. The van der Waals surface area contributed by atoms with Crippen LogP contribution in [0.25, 0.3) is 22.4 Å². The molecular formula is C22H16ClNO. The highest BCUT2D eigenvalue weighted by atomic mass is 35.5. The molecule has 122 valence electrons. The zero-order valence-corrected chi connectivity index (χ0v) is 14.3. The van der Waals surface area contributed by atoms with Crippen LogP contribution in [0.4, 0.5) is 0 Å². The van der Waals surface area contributed by atoms with Gasteiger partial charge in [0.2, 0.25) is 0 Å². The summed E-state index contributed by atoms with van der Waals surface area (Å²) < 4.78 is 5.80. The number of halogens is 1. The topological polar surface area (TPSA) is 33.0 Å². The molecule has 0 radical (unpaired) electrons. The molecule has 3 aromatic carbocycles. The molecule has 0 atom stereocenters. The Morgan fingerprint density at radius 3 is 2.56 bits per heavy atom. The first-order valence-corrected chi connectivity index (χ1v) is 8.24. The average molecular weight is 346 g/mol. The van der Waals surface area contributed by atoms with Crippen LogP contribution >= 0.6 is 11.6 Å². The van der Waals surface area contributed by atoms with E-state index in [4.69, 9.17) is 16.3 Å². The monoisotopic (exact) mass is 345 g/mol. The fourth-order valence-electron chi connectivity index (χ4n) is 2.65. The predicted molar refractivity (Wildman–Crippen MR) is 105 cm³/mol. The lowest BCUT2D eigenvalue weighted by atomic mass is 9.98. The maximum absolute atomic E-state index is 9.64. The normalized spacial score (nSPS) is 11.1. The van der Waals surface area contributed by atoms with Gasteiger partial charge in [0.1, 0.15) is 12.4 Å². The molecule has 3 rings (SSSR count). The Morgan fingerprint density at radius 2 is 1.84 bits per heavy atom. The summed E-state index contributed by atoms with van der Waals surface area (Å²) in [7, 11) is 0. The van der Waals surface area contributed by atoms with Gasteiger partial charge in [0, 0.05) is 10.6 Å². The van der Waals surface area contributed by atoms with Crippen molar-refractivity contribution in [2.75, 3.05) is 6.61 Å². The fourth-order valence-corrected chi connectivity index (χ4v) is 2.78. The van der Waals surface area contributed by atoms with Crippen molar-refractivity contribution in [2.45, 2.75) is 0 Å². The van der Waals surface area contributed by atoms with Gasteiger partial charge < -0.3 is 4.74 Å². The van der Waals surface area contributed by atoms with Gasteiger partial charge in [-0.2, -0.15) is 5.26 Å². The number of rotatable bonds is 5. The van der Waals surface area contributed by atoms with Crippen LogP contribution in [-0.2, 0) is 0 Å². The summed E-state index contributed by atoms with van der Waals surface area (Å²) in [5.74, 6) is 0.723. The summed E-state index contributed by atoms with van der Waals surface area (Å²) in [4.78, 5) is 0. The van der Waals surface area contributed by atoms with Crippen LogP contribution < -0.4 is 4.74 Å². The first-order valence-electron chi connectivity index (χ1n) is 7.86. The highest BCUT2D eigenvalue weighted by Crippen LogP contribution is 2.32. The summed E-state index contributed by atoms with van der Waals surface area (Å²) in [5.41, 5.74) is 2.25. The lowest BCUT2D eigenvalue weighted by Crippen LogP contribution is -1.96. The van der Waals surface area contributed by atoms with Crippen molar-refractivity contribution in [3.05, 3.63) is 89.5 Å². The molecule has 2 nitrogen and oxygen atoms in total. The summed E-state index contributed by atoms with van der Waals surface area (Å²) >= 11 is 5.95. The van der Waals surface area contributed by atoms with Gasteiger partial charge >= 0.3 is 0 Å².